The fourth-order valence-corrected chi connectivity index (χ4v) is 5.08. The fourth-order valence-electron chi connectivity index (χ4n) is 4.95. The van der Waals surface area contributed by atoms with Gasteiger partial charge in [0.25, 0.3) is 0 Å². The van der Waals surface area contributed by atoms with E-state index in [1.165, 1.54) is 16.7 Å². The first-order chi connectivity index (χ1) is 15.6. The lowest BCUT2D eigenvalue weighted by Gasteiger charge is -2.45. The Hall–Kier alpha value is -2.33. The monoisotopic (exact) mass is 468 g/mol. The Morgan fingerprint density at radius 1 is 1.12 bits per heavy atom. The topological polar surface area (TPSA) is 49.4 Å². The van der Waals surface area contributed by atoms with E-state index in [-0.39, 0.29) is 23.1 Å². The van der Waals surface area contributed by atoms with Crippen molar-refractivity contribution >= 4 is 23.4 Å². The standard InChI is InChI=1S/C28H37ClN2O2/c1-19(2)26(30-25(32)15-12-21-9-7-6-8-20(21)3)27(33)31-17-16-24(28(4,5)18-31)22-10-13-23(29)14-11-22/h6-11,13-14,19,24,26H,12,15-18H2,1-5H3,(H,30,32)/t24-,26-/m1/s1. The summed E-state index contributed by atoms with van der Waals surface area (Å²) in [7, 11) is 0. The average Bonchev–Trinajstić information content (AvgIpc) is 2.76. The molecule has 0 aliphatic carbocycles. The summed E-state index contributed by atoms with van der Waals surface area (Å²) < 4.78 is 0. The Morgan fingerprint density at radius 3 is 2.39 bits per heavy atom. The third kappa shape index (κ3) is 6.38. The molecule has 0 bridgehead atoms. The molecule has 1 N–H and O–H groups in total. The number of carbonyl (C=O) groups excluding carboxylic acids is 2. The van der Waals surface area contributed by atoms with Gasteiger partial charge in [0.15, 0.2) is 0 Å². The predicted octanol–water partition coefficient (Wildman–Crippen LogP) is 5.76. The van der Waals surface area contributed by atoms with E-state index in [1.54, 1.807) is 0 Å². The van der Waals surface area contributed by atoms with Crippen molar-refractivity contribution in [1.82, 2.24) is 10.2 Å². The van der Waals surface area contributed by atoms with Crippen LogP contribution in [0.5, 0.6) is 0 Å². The third-order valence-corrected chi connectivity index (χ3v) is 7.20. The summed E-state index contributed by atoms with van der Waals surface area (Å²) in [6.45, 7) is 11.8. The molecule has 2 atom stereocenters. The maximum Gasteiger partial charge on any atom is 0.245 e. The van der Waals surface area contributed by atoms with Gasteiger partial charge in [-0.3, -0.25) is 9.59 Å². The van der Waals surface area contributed by atoms with Gasteiger partial charge >= 0.3 is 0 Å². The number of carbonyl (C=O) groups is 2. The molecule has 178 valence electrons. The Kier molecular flexibility index (Phi) is 8.23. The minimum atomic E-state index is -0.503. The van der Waals surface area contributed by atoms with Crippen LogP contribution >= 0.6 is 11.6 Å². The molecular weight excluding hydrogens is 432 g/mol. The van der Waals surface area contributed by atoms with Crippen LogP contribution in [0.2, 0.25) is 5.02 Å². The first-order valence-electron chi connectivity index (χ1n) is 12.0. The van der Waals surface area contributed by atoms with E-state index >= 15 is 0 Å². The fraction of sp³-hybridized carbons (Fsp3) is 0.500. The smallest absolute Gasteiger partial charge is 0.245 e. The van der Waals surface area contributed by atoms with Gasteiger partial charge in [-0.1, -0.05) is 75.7 Å². The summed E-state index contributed by atoms with van der Waals surface area (Å²) >= 11 is 6.07. The van der Waals surface area contributed by atoms with Gasteiger partial charge in [0, 0.05) is 24.5 Å². The van der Waals surface area contributed by atoms with Gasteiger partial charge < -0.3 is 10.2 Å². The minimum absolute atomic E-state index is 0.0249. The Balaban J connectivity index is 1.63. The number of hydrogen-bond acceptors (Lipinski definition) is 2. The summed E-state index contributed by atoms with van der Waals surface area (Å²) in [5.74, 6) is 0.342. The van der Waals surface area contributed by atoms with E-state index < -0.39 is 6.04 Å². The maximum absolute atomic E-state index is 13.5. The minimum Gasteiger partial charge on any atom is -0.344 e. The van der Waals surface area contributed by atoms with Gasteiger partial charge in [0.2, 0.25) is 11.8 Å². The molecule has 33 heavy (non-hydrogen) atoms. The summed E-state index contributed by atoms with van der Waals surface area (Å²) in [6.07, 6.45) is 1.95. The van der Waals surface area contributed by atoms with Crippen LogP contribution < -0.4 is 5.32 Å². The average molecular weight is 469 g/mol. The molecule has 1 heterocycles. The zero-order valence-corrected chi connectivity index (χ0v) is 21.3. The van der Waals surface area contributed by atoms with Crippen LogP contribution in [0.15, 0.2) is 48.5 Å². The number of aryl methyl sites for hydroxylation is 2. The van der Waals surface area contributed by atoms with Crippen molar-refractivity contribution in [2.24, 2.45) is 11.3 Å². The van der Waals surface area contributed by atoms with Crippen LogP contribution in [0.25, 0.3) is 0 Å². The summed E-state index contributed by atoms with van der Waals surface area (Å²) in [4.78, 5) is 28.1. The third-order valence-electron chi connectivity index (χ3n) is 6.95. The zero-order valence-electron chi connectivity index (χ0n) is 20.5. The summed E-state index contributed by atoms with van der Waals surface area (Å²) in [5.41, 5.74) is 3.55. The largest absolute Gasteiger partial charge is 0.344 e. The second-order valence-corrected chi connectivity index (χ2v) is 10.8. The molecule has 2 aromatic carbocycles. The van der Waals surface area contributed by atoms with Crippen LogP contribution in [-0.2, 0) is 16.0 Å². The number of rotatable bonds is 7. The zero-order chi connectivity index (χ0) is 24.2. The molecule has 0 spiro atoms. The SMILES string of the molecule is Cc1ccccc1CCC(=O)N[C@@H](C(=O)N1CC[C@H](c2ccc(Cl)cc2)C(C)(C)C1)C(C)C. The van der Waals surface area contributed by atoms with E-state index in [4.69, 9.17) is 11.6 Å². The van der Waals surface area contributed by atoms with Gasteiger partial charge in [-0.15, -0.1) is 0 Å². The van der Waals surface area contributed by atoms with Gasteiger partial charge in [-0.25, -0.2) is 0 Å². The molecular formula is C28H37ClN2O2. The molecule has 1 fully saturated rings. The van der Waals surface area contributed by atoms with E-state index in [1.807, 2.05) is 43.0 Å². The number of amides is 2. The van der Waals surface area contributed by atoms with E-state index in [2.05, 4.69) is 50.4 Å². The summed E-state index contributed by atoms with van der Waals surface area (Å²) in [6, 6.07) is 15.7. The van der Waals surface area contributed by atoms with Crippen molar-refractivity contribution in [3.63, 3.8) is 0 Å². The molecule has 0 saturated carbocycles. The molecule has 0 unspecified atom stereocenters. The highest BCUT2D eigenvalue weighted by Crippen LogP contribution is 2.42. The van der Waals surface area contributed by atoms with Gasteiger partial charge in [-0.05, 0) is 65.8 Å². The molecule has 4 nitrogen and oxygen atoms in total. The number of hydrogen-bond donors (Lipinski definition) is 1. The second-order valence-electron chi connectivity index (χ2n) is 10.4. The molecule has 1 saturated heterocycles. The van der Waals surface area contributed by atoms with Crippen molar-refractivity contribution < 1.29 is 9.59 Å². The Labute approximate surface area is 203 Å². The summed E-state index contributed by atoms with van der Waals surface area (Å²) in [5, 5.41) is 3.77. The van der Waals surface area contributed by atoms with Crippen LogP contribution in [0.1, 0.15) is 63.1 Å². The number of piperidine rings is 1. The number of nitrogens with one attached hydrogen (secondary N) is 1. The lowest BCUT2D eigenvalue weighted by molar-refractivity contribution is -0.140. The molecule has 0 radical (unpaired) electrons. The van der Waals surface area contributed by atoms with Crippen LogP contribution in [-0.4, -0.2) is 35.8 Å². The van der Waals surface area contributed by atoms with Crippen molar-refractivity contribution in [2.45, 2.75) is 65.8 Å². The number of likely N-dealkylation sites (tertiary alicyclic amines) is 1. The number of nitrogens with zero attached hydrogens (tertiary/aromatic N) is 1. The van der Waals surface area contributed by atoms with Crippen LogP contribution in [0.3, 0.4) is 0 Å². The molecule has 3 rings (SSSR count). The molecule has 0 aromatic heterocycles. The second kappa shape index (κ2) is 10.7. The first kappa shape index (κ1) is 25.3. The van der Waals surface area contributed by atoms with Gasteiger partial charge in [-0.2, -0.15) is 0 Å². The van der Waals surface area contributed by atoms with Gasteiger partial charge in [0.1, 0.15) is 6.04 Å². The van der Waals surface area contributed by atoms with Crippen LogP contribution in [0, 0.1) is 18.3 Å². The molecule has 2 aromatic rings. The van der Waals surface area contributed by atoms with E-state index in [0.29, 0.717) is 31.8 Å². The van der Waals surface area contributed by atoms with Crippen molar-refractivity contribution in [2.75, 3.05) is 13.1 Å². The highest BCUT2D eigenvalue weighted by molar-refractivity contribution is 6.30. The highest BCUT2D eigenvalue weighted by Gasteiger charge is 2.40. The normalized spacial score (nSPS) is 18.8. The van der Waals surface area contributed by atoms with Crippen molar-refractivity contribution in [3.05, 3.63) is 70.2 Å². The van der Waals surface area contributed by atoms with E-state index in [9.17, 15) is 9.59 Å². The van der Waals surface area contributed by atoms with Crippen LogP contribution in [0.4, 0.5) is 0 Å². The van der Waals surface area contributed by atoms with E-state index in [0.717, 1.165) is 11.4 Å². The quantitative estimate of drug-likeness (QED) is 0.561. The first-order valence-corrected chi connectivity index (χ1v) is 12.3. The Bertz CT molecular complexity index is 968. The lowest BCUT2D eigenvalue weighted by atomic mass is 9.70. The Morgan fingerprint density at radius 2 is 1.79 bits per heavy atom. The molecule has 1 aliphatic heterocycles. The number of benzene rings is 2. The van der Waals surface area contributed by atoms with Crippen molar-refractivity contribution in [3.8, 4) is 0 Å². The number of halogens is 1. The molecule has 2 amide bonds. The highest BCUT2D eigenvalue weighted by atomic mass is 35.5. The lowest BCUT2D eigenvalue weighted by Crippen LogP contribution is -2.55. The van der Waals surface area contributed by atoms with Crippen molar-refractivity contribution in [1.29, 1.82) is 0 Å². The molecule has 1 aliphatic rings. The van der Waals surface area contributed by atoms with Gasteiger partial charge in [0.05, 0.1) is 0 Å². The maximum atomic E-state index is 13.5. The molecule has 5 heteroatoms. The predicted molar refractivity (Wildman–Crippen MR) is 135 cm³/mol.